The minimum atomic E-state index is -5.06. The van der Waals surface area contributed by atoms with Gasteiger partial charge in [-0.3, -0.25) is 0 Å². The number of aryl methyl sites for hydroxylation is 1. The number of alkyl halides is 5. The lowest BCUT2D eigenvalue weighted by molar-refractivity contribution is -0.276. The second-order valence-corrected chi connectivity index (χ2v) is 2.80. The van der Waals surface area contributed by atoms with Crippen molar-refractivity contribution in [3.63, 3.8) is 0 Å². The highest BCUT2D eigenvalue weighted by atomic mass is 19.4. The summed E-state index contributed by atoms with van der Waals surface area (Å²) in [5.41, 5.74) is -1.76. The zero-order valence-electron chi connectivity index (χ0n) is 7.78. The minimum Gasteiger partial charge on any atom is -0.388 e. The summed E-state index contributed by atoms with van der Waals surface area (Å²) in [6.45, 7) is 0.963. The Kier molecular flexibility index (Phi) is 3.30. The minimum absolute atomic E-state index is 0.223. The fraction of sp³-hybridized carbons (Fsp3) is 0.375. The van der Waals surface area contributed by atoms with Crippen LogP contribution >= 0.6 is 0 Å². The quantitative estimate of drug-likeness (QED) is 0.745. The average molecular weight is 245 g/mol. The average Bonchev–Trinajstić information content (AvgIpc) is 2.07. The Balaban J connectivity index is 3.14. The molecule has 0 aliphatic rings. The highest BCUT2D eigenvalue weighted by molar-refractivity contribution is 5.27. The summed E-state index contributed by atoms with van der Waals surface area (Å²) in [5, 5.41) is 0. The Bertz CT molecular complexity index is 389. The van der Waals surface area contributed by atoms with Crippen molar-refractivity contribution in [3.05, 3.63) is 23.1 Å². The Hall–Kier alpha value is -1.47. The molecule has 0 saturated heterocycles. The molecule has 1 aromatic rings. The maximum atomic E-state index is 13.0. The van der Waals surface area contributed by atoms with E-state index in [2.05, 4.69) is 9.72 Å². The molecule has 0 aromatic carbocycles. The van der Waals surface area contributed by atoms with Crippen LogP contribution in [-0.2, 0) is 0 Å². The lowest BCUT2D eigenvalue weighted by Crippen LogP contribution is -2.18. The summed E-state index contributed by atoms with van der Waals surface area (Å²) in [6, 6.07) is 0.223. The van der Waals surface area contributed by atoms with Crippen LogP contribution in [0.4, 0.5) is 26.3 Å². The maximum Gasteiger partial charge on any atom is 0.574 e. The molecule has 1 aromatic heterocycles. The number of hydrogen-bond acceptors (Lipinski definition) is 2. The summed E-state index contributed by atoms with van der Waals surface area (Å²) >= 11 is 0. The number of hydrogen-bond donors (Lipinski definition) is 0. The van der Waals surface area contributed by atoms with Crippen LogP contribution < -0.4 is 4.74 Å². The molecule has 0 radical (unpaired) electrons. The predicted octanol–water partition coefficient (Wildman–Crippen LogP) is 3.37. The van der Waals surface area contributed by atoms with Crippen LogP contribution in [0.25, 0.3) is 0 Å². The van der Waals surface area contributed by atoms with E-state index in [0.29, 0.717) is 0 Å². The molecule has 2 nitrogen and oxygen atoms in total. The molecule has 0 unspecified atom stereocenters. The van der Waals surface area contributed by atoms with E-state index in [4.69, 9.17) is 0 Å². The molecule has 1 heterocycles. The molecule has 8 heteroatoms. The van der Waals surface area contributed by atoms with Crippen molar-refractivity contribution < 1.29 is 31.1 Å². The van der Waals surface area contributed by atoms with Crippen molar-refractivity contribution in [3.8, 4) is 5.88 Å². The highest BCUT2D eigenvalue weighted by Gasteiger charge is 2.32. The smallest absolute Gasteiger partial charge is 0.388 e. The first-order valence-corrected chi connectivity index (χ1v) is 3.91. The first kappa shape index (κ1) is 12.6. The summed E-state index contributed by atoms with van der Waals surface area (Å²) in [6.07, 6.45) is -8.30. The standard InChI is InChI=1S/C8H5F6NO/c1-3-6(9)4(7(10)11)2-5(15-3)16-8(12,13)14/h2,7H,1H3. The van der Waals surface area contributed by atoms with E-state index in [1.165, 1.54) is 0 Å². The Morgan fingerprint density at radius 3 is 2.31 bits per heavy atom. The van der Waals surface area contributed by atoms with Gasteiger partial charge in [0.15, 0.2) is 5.82 Å². The van der Waals surface area contributed by atoms with E-state index < -0.39 is 35.7 Å². The van der Waals surface area contributed by atoms with Crippen molar-refractivity contribution in [1.29, 1.82) is 0 Å². The molecule has 0 saturated carbocycles. The highest BCUT2D eigenvalue weighted by Crippen LogP contribution is 2.29. The number of pyridine rings is 1. The zero-order valence-corrected chi connectivity index (χ0v) is 7.78. The van der Waals surface area contributed by atoms with Crippen LogP contribution in [-0.4, -0.2) is 11.3 Å². The molecule has 90 valence electrons. The van der Waals surface area contributed by atoms with Gasteiger partial charge in [-0.25, -0.2) is 18.2 Å². The van der Waals surface area contributed by atoms with E-state index in [1.54, 1.807) is 0 Å². The summed E-state index contributed by atoms with van der Waals surface area (Å²) in [7, 11) is 0. The van der Waals surface area contributed by atoms with E-state index in [1.807, 2.05) is 0 Å². The zero-order chi connectivity index (χ0) is 12.5. The SMILES string of the molecule is Cc1nc(OC(F)(F)F)cc(C(F)F)c1F. The van der Waals surface area contributed by atoms with Gasteiger partial charge in [0, 0.05) is 6.07 Å². The van der Waals surface area contributed by atoms with E-state index >= 15 is 0 Å². The third kappa shape index (κ3) is 3.01. The summed E-state index contributed by atoms with van der Waals surface area (Å²) < 4.78 is 76.0. The van der Waals surface area contributed by atoms with Gasteiger partial charge in [0.1, 0.15) is 0 Å². The molecule has 0 aliphatic heterocycles. The van der Waals surface area contributed by atoms with Crippen molar-refractivity contribution in [2.45, 2.75) is 19.7 Å². The first-order chi connectivity index (χ1) is 7.20. The number of halogens is 6. The fourth-order valence-corrected chi connectivity index (χ4v) is 0.982. The molecule has 0 aliphatic carbocycles. The monoisotopic (exact) mass is 245 g/mol. The van der Waals surface area contributed by atoms with Crippen molar-refractivity contribution in [1.82, 2.24) is 4.98 Å². The van der Waals surface area contributed by atoms with Gasteiger partial charge in [0.25, 0.3) is 6.43 Å². The van der Waals surface area contributed by atoms with E-state index in [9.17, 15) is 26.3 Å². The van der Waals surface area contributed by atoms with Crippen LogP contribution in [0, 0.1) is 12.7 Å². The number of ether oxygens (including phenoxy) is 1. The van der Waals surface area contributed by atoms with Gasteiger partial charge in [-0.2, -0.15) is 0 Å². The second-order valence-electron chi connectivity index (χ2n) is 2.80. The summed E-state index contributed by atoms with van der Waals surface area (Å²) in [4.78, 5) is 3.05. The molecule has 1 rings (SSSR count). The summed E-state index contributed by atoms with van der Waals surface area (Å²) in [5.74, 6) is -2.45. The molecular weight excluding hydrogens is 240 g/mol. The Labute approximate surface area is 85.9 Å². The third-order valence-corrected chi connectivity index (χ3v) is 1.58. The van der Waals surface area contributed by atoms with Gasteiger partial charge in [0.05, 0.1) is 11.3 Å². The van der Waals surface area contributed by atoms with Gasteiger partial charge in [-0.1, -0.05) is 0 Å². The number of aromatic nitrogens is 1. The number of rotatable bonds is 2. The van der Waals surface area contributed by atoms with Gasteiger partial charge in [0.2, 0.25) is 5.88 Å². The molecule has 16 heavy (non-hydrogen) atoms. The van der Waals surface area contributed by atoms with E-state index in [-0.39, 0.29) is 6.07 Å². The fourth-order valence-electron chi connectivity index (χ4n) is 0.982. The van der Waals surface area contributed by atoms with Crippen LogP contribution in [0.5, 0.6) is 5.88 Å². The first-order valence-electron chi connectivity index (χ1n) is 3.91. The third-order valence-electron chi connectivity index (χ3n) is 1.58. The number of nitrogens with zero attached hydrogens (tertiary/aromatic N) is 1. The second kappa shape index (κ2) is 4.18. The van der Waals surface area contributed by atoms with Crippen molar-refractivity contribution >= 4 is 0 Å². The molecule has 0 amide bonds. The lowest BCUT2D eigenvalue weighted by atomic mass is 10.2. The Morgan fingerprint density at radius 2 is 1.88 bits per heavy atom. The molecule has 0 bridgehead atoms. The molecule has 0 N–H and O–H groups in total. The van der Waals surface area contributed by atoms with Gasteiger partial charge >= 0.3 is 6.36 Å². The molecule has 0 spiro atoms. The molecular formula is C8H5F6NO. The van der Waals surface area contributed by atoms with Crippen LogP contribution in [0.2, 0.25) is 0 Å². The maximum absolute atomic E-state index is 13.0. The van der Waals surface area contributed by atoms with Crippen LogP contribution in [0.1, 0.15) is 17.7 Å². The van der Waals surface area contributed by atoms with Gasteiger partial charge in [-0.05, 0) is 6.92 Å². The lowest BCUT2D eigenvalue weighted by Gasteiger charge is -2.11. The molecule has 0 fully saturated rings. The normalized spacial score (nSPS) is 12.0. The van der Waals surface area contributed by atoms with Crippen LogP contribution in [0.15, 0.2) is 6.07 Å². The molecule has 0 atom stereocenters. The van der Waals surface area contributed by atoms with E-state index in [0.717, 1.165) is 6.92 Å². The Morgan fingerprint density at radius 1 is 1.31 bits per heavy atom. The predicted molar refractivity (Wildman–Crippen MR) is 40.6 cm³/mol. The van der Waals surface area contributed by atoms with Crippen molar-refractivity contribution in [2.75, 3.05) is 0 Å². The van der Waals surface area contributed by atoms with Gasteiger partial charge < -0.3 is 4.74 Å². The topological polar surface area (TPSA) is 22.1 Å². The largest absolute Gasteiger partial charge is 0.574 e. The van der Waals surface area contributed by atoms with Crippen molar-refractivity contribution in [2.24, 2.45) is 0 Å². The van der Waals surface area contributed by atoms with Gasteiger partial charge in [-0.15, -0.1) is 13.2 Å². The van der Waals surface area contributed by atoms with Crippen LogP contribution in [0.3, 0.4) is 0 Å².